The highest BCUT2D eigenvalue weighted by atomic mass is 19.1. The largest absolute Gasteiger partial charge is 0.313 e. The van der Waals surface area contributed by atoms with Crippen LogP contribution in [0.3, 0.4) is 0 Å². The van der Waals surface area contributed by atoms with Crippen molar-refractivity contribution < 1.29 is 4.39 Å². The van der Waals surface area contributed by atoms with Crippen molar-refractivity contribution in [3.63, 3.8) is 0 Å². The first kappa shape index (κ1) is 13.9. The Morgan fingerprint density at radius 1 is 1.38 bits per heavy atom. The van der Waals surface area contributed by atoms with Crippen molar-refractivity contribution in [2.75, 3.05) is 26.3 Å². The smallest absolute Gasteiger partial charge is 0.102 e. The van der Waals surface area contributed by atoms with E-state index < -0.39 is 0 Å². The summed E-state index contributed by atoms with van der Waals surface area (Å²) in [6, 6.07) is 1.07. The molecule has 1 heterocycles. The van der Waals surface area contributed by atoms with E-state index in [1.54, 1.807) is 0 Å². The summed E-state index contributed by atoms with van der Waals surface area (Å²) in [6.07, 6.45) is 2.39. The lowest BCUT2D eigenvalue weighted by Gasteiger charge is -2.26. The number of halogens is 1. The molecule has 3 heteroatoms. The molecule has 1 unspecified atom stereocenters. The van der Waals surface area contributed by atoms with Crippen molar-refractivity contribution in [1.82, 2.24) is 10.2 Å². The zero-order valence-corrected chi connectivity index (χ0v) is 11.2. The van der Waals surface area contributed by atoms with E-state index in [0.29, 0.717) is 24.0 Å². The van der Waals surface area contributed by atoms with Crippen molar-refractivity contribution in [3.05, 3.63) is 0 Å². The molecule has 0 aromatic heterocycles. The molecule has 96 valence electrons. The Hall–Kier alpha value is -0.150. The van der Waals surface area contributed by atoms with Gasteiger partial charge in [0.25, 0.3) is 0 Å². The maximum Gasteiger partial charge on any atom is 0.102 e. The maximum atomic E-state index is 12.4. The van der Waals surface area contributed by atoms with E-state index in [0.717, 1.165) is 19.5 Å². The molecule has 0 aliphatic carbocycles. The number of nitrogens with zero attached hydrogens (tertiary/aromatic N) is 1. The molecule has 1 aliphatic rings. The third-order valence-electron chi connectivity index (χ3n) is 3.54. The Kier molecular flexibility index (Phi) is 5.19. The standard InChI is InChI=1S/C13H27FN2/c1-11(2)16(8-6-14)7-5-12-9-13(3,4)10-15-12/h11-12,15H,5-10H2,1-4H3. The molecule has 0 spiro atoms. The highest BCUT2D eigenvalue weighted by Gasteiger charge is 2.30. The molecule has 1 rings (SSSR count). The van der Waals surface area contributed by atoms with Gasteiger partial charge in [-0.15, -0.1) is 0 Å². The topological polar surface area (TPSA) is 15.3 Å². The Labute approximate surface area is 99.6 Å². The highest BCUT2D eigenvalue weighted by molar-refractivity contribution is 4.88. The van der Waals surface area contributed by atoms with Crippen LogP contribution in [0.2, 0.25) is 0 Å². The van der Waals surface area contributed by atoms with Crippen LogP contribution < -0.4 is 5.32 Å². The summed E-state index contributed by atoms with van der Waals surface area (Å²) in [6.45, 7) is 11.4. The van der Waals surface area contributed by atoms with Crippen LogP contribution in [-0.2, 0) is 0 Å². The molecule has 1 N–H and O–H groups in total. The molecule has 0 aromatic rings. The van der Waals surface area contributed by atoms with Gasteiger partial charge in [0.05, 0.1) is 0 Å². The van der Waals surface area contributed by atoms with E-state index in [9.17, 15) is 4.39 Å². The number of nitrogens with one attached hydrogen (secondary N) is 1. The lowest BCUT2D eigenvalue weighted by molar-refractivity contribution is 0.193. The van der Waals surface area contributed by atoms with Crippen LogP contribution in [0, 0.1) is 5.41 Å². The molecule has 0 radical (unpaired) electrons. The summed E-state index contributed by atoms with van der Waals surface area (Å²) in [5.74, 6) is 0. The van der Waals surface area contributed by atoms with E-state index in [1.807, 2.05) is 0 Å². The Balaban J connectivity index is 2.27. The van der Waals surface area contributed by atoms with Gasteiger partial charge in [0.2, 0.25) is 0 Å². The van der Waals surface area contributed by atoms with Crippen molar-refractivity contribution >= 4 is 0 Å². The summed E-state index contributed by atoms with van der Waals surface area (Å²) in [4.78, 5) is 2.23. The van der Waals surface area contributed by atoms with Gasteiger partial charge in [-0.25, -0.2) is 4.39 Å². The molecule has 0 amide bonds. The number of hydrogen-bond acceptors (Lipinski definition) is 2. The van der Waals surface area contributed by atoms with E-state index >= 15 is 0 Å². The predicted molar refractivity (Wildman–Crippen MR) is 67.5 cm³/mol. The average molecular weight is 230 g/mol. The predicted octanol–water partition coefficient (Wildman–Crippen LogP) is 2.44. The first-order valence-corrected chi connectivity index (χ1v) is 6.48. The Morgan fingerprint density at radius 2 is 2.06 bits per heavy atom. The van der Waals surface area contributed by atoms with E-state index in [-0.39, 0.29) is 6.67 Å². The van der Waals surface area contributed by atoms with Gasteiger partial charge in [0.15, 0.2) is 0 Å². The summed E-state index contributed by atoms with van der Waals surface area (Å²) in [5, 5.41) is 3.56. The quantitative estimate of drug-likeness (QED) is 0.754. The molecule has 0 aromatic carbocycles. The maximum absolute atomic E-state index is 12.4. The minimum atomic E-state index is -0.234. The fourth-order valence-corrected chi connectivity index (χ4v) is 2.49. The van der Waals surface area contributed by atoms with Gasteiger partial charge in [0, 0.05) is 25.2 Å². The first-order chi connectivity index (χ1) is 7.44. The summed E-state index contributed by atoms with van der Waals surface area (Å²) < 4.78 is 12.4. The summed E-state index contributed by atoms with van der Waals surface area (Å²) in [5.41, 5.74) is 0.438. The van der Waals surface area contributed by atoms with Crippen LogP contribution >= 0.6 is 0 Å². The molecule has 2 nitrogen and oxygen atoms in total. The second kappa shape index (κ2) is 5.97. The fourth-order valence-electron chi connectivity index (χ4n) is 2.49. The Bertz CT molecular complexity index is 204. The van der Waals surface area contributed by atoms with Crippen molar-refractivity contribution in [2.45, 2.75) is 52.6 Å². The molecule has 1 atom stereocenters. The fraction of sp³-hybridized carbons (Fsp3) is 1.00. The number of hydrogen-bond donors (Lipinski definition) is 1. The van der Waals surface area contributed by atoms with E-state index in [1.165, 1.54) is 6.42 Å². The third kappa shape index (κ3) is 4.38. The second-order valence-corrected chi connectivity index (χ2v) is 6.05. The molecule has 16 heavy (non-hydrogen) atoms. The van der Waals surface area contributed by atoms with Gasteiger partial charge in [-0.3, -0.25) is 4.90 Å². The highest BCUT2D eigenvalue weighted by Crippen LogP contribution is 2.28. The van der Waals surface area contributed by atoms with Crippen LogP contribution in [0.5, 0.6) is 0 Å². The molecule has 1 aliphatic heterocycles. The van der Waals surface area contributed by atoms with Crippen molar-refractivity contribution in [2.24, 2.45) is 5.41 Å². The van der Waals surface area contributed by atoms with Gasteiger partial charge in [-0.1, -0.05) is 13.8 Å². The van der Waals surface area contributed by atoms with Gasteiger partial charge in [-0.2, -0.15) is 0 Å². The van der Waals surface area contributed by atoms with E-state index in [4.69, 9.17) is 0 Å². The molecular formula is C13H27FN2. The van der Waals surface area contributed by atoms with Crippen LogP contribution in [0.4, 0.5) is 4.39 Å². The monoisotopic (exact) mass is 230 g/mol. The van der Waals surface area contributed by atoms with Gasteiger partial charge in [0.1, 0.15) is 6.67 Å². The van der Waals surface area contributed by atoms with Gasteiger partial charge >= 0.3 is 0 Å². The third-order valence-corrected chi connectivity index (χ3v) is 3.54. The molecule has 0 bridgehead atoms. The molecule has 1 fully saturated rings. The van der Waals surface area contributed by atoms with Crippen LogP contribution in [0.25, 0.3) is 0 Å². The van der Waals surface area contributed by atoms with Crippen molar-refractivity contribution in [1.29, 1.82) is 0 Å². The zero-order chi connectivity index (χ0) is 12.2. The lowest BCUT2D eigenvalue weighted by atomic mass is 9.90. The number of rotatable bonds is 6. The van der Waals surface area contributed by atoms with Crippen LogP contribution in [0.15, 0.2) is 0 Å². The Morgan fingerprint density at radius 3 is 2.50 bits per heavy atom. The second-order valence-electron chi connectivity index (χ2n) is 6.05. The molecule has 1 saturated heterocycles. The van der Waals surface area contributed by atoms with Crippen molar-refractivity contribution in [3.8, 4) is 0 Å². The minimum absolute atomic E-state index is 0.234. The lowest BCUT2D eigenvalue weighted by Crippen LogP contribution is -2.36. The van der Waals surface area contributed by atoms with Gasteiger partial charge < -0.3 is 5.32 Å². The van der Waals surface area contributed by atoms with E-state index in [2.05, 4.69) is 37.9 Å². The normalized spacial score (nSPS) is 24.6. The number of alkyl halides is 1. The summed E-state index contributed by atoms with van der Waals surface area (Å²) in [7, 11) is 0. The SMILES string of the molecule is CC(C)N(CCF)CCC1CC(C)(C)CN1. The first-order valence-electron chi connectivity index (χ1n) is 6.48. The molecular weight excluding hydrogens is 203 g/mol. The van der Waals surface area contributed by atoms with Crippen LogP contribution in [0.1, 0.15) is 40.5 Å². The molecule has 0 saturated carbocycles. The average Bonchev–Trinajstić information content (AvgIpc) is 2.52. The van der Waals surface area contributed by atoms with Gasteiger partial charge in [-0.05, 0) is 38.6 Å². The zero-order valence-electron chi connectivity index (χ0n) is 11.2. The summed E-state index contributed by atoms with van der Waals surface area (Å²) >= 11 is 0. The minimum Gasteiger partial charge on any atom is -0.313 e. The van der Waals surface area contributed by atoms with Crippen LogP contribution in [-0.4, -0.2) is 43.3 Å².